The number of hydrogen-bond acceptors (Lipinski definition) is 2. The monoisotopic (exact) mass is 333 g/mol. The lowest BCUT2D eigenvalue weighted by Gasteiger charge is -2.05. The highest BCUT2D eigenvalue weighted by Gasteiger charge is 2.09. The van der Waals surface area contributed by atoms with Crippen LogP contribution in [0.3, 0.4) is 0 Å². The van der Waals surface area contributed by atoms with Gasteiger partial charge in [-0.1, -0.05) is 41.4 Å². The van der Waals surface area contributed by atoms with Crippen molar-refractivity contribution in [1.29, 1.82) is 0 Å². The molecule has 0 aliphatic heterocycles. The van der Waals surface area contributed by atoms with Gasteiger partial charge in [0.25, 0.3) is 0 Å². The van der Waals surface area contributed by atoms with Crippen molar-refractivity contribution in [3.8, 4) is 0 Å². The maximum absolute atomic E-state index is 12.0. The Hall–Kier alpha value is -2.04. The van der Waals surface area contributed by atoms with E-state index < -0.39 is 0 Å². The summed E-state index contributed by atoms with van der Waals surface area (Å²) in [6.07, 6.45) is 0.205. The van der Waals surface area contributed by atoms with Crippen LogP contribution in [0, 0.1) is 0 Å². The van der Waals surface area contributed by atoms with E-state index in [4.69, 9.17) is 23.2 Å². The molecule has 0 unspecified atom stereocenters. The van der Waals surface area contributed by atoms with Crippen LogP contribution >= 0.6 is 23.2 Å². The van der Waals surface area contributed by atoms with E-state index in [2.05, 4.69) is 15.3 Å². The Balaban J connectivity index is 1.62. The molecule has 0 aliphatic carbocycles. The number of rotatable bonds is 4. The summed E-state index contributed by atoms with van der Waals surface area (Å²) in [6.45, 7) is 0.346. The average Bonchev–Trinajstić information content (AvgIpc) is 2.91. The standard InChI is InChI=1S/C16H13Cl2N3O/c17-11-6-5-10(12(18)8-11)7-16(22)19-9-15-20-13-3-1-2-4-14(13)21-15/h1-6,8H,7,9H2,(H,19,22)(H,20,21). The molecule has 0 saturated carbocycles. The van der Waals surface area contributed by atoms with E-state index in [-0.39, 0.29) is 12.3 Å². The number of carbonyl (C=O) groups excluding carboxylic acids is 1. The molecule has 0 radical (unpaired) electrons. The molecular weight excluding hydrogens is 321 g/mol. The highest BCUT2D eigenvalue weighted by atomic mass is 35.5. The number of fused-ring (bicyclic) bond motifs is 1. The van der Waals surface area contributed by atoms with Gasteiger partial charge in [-0.25, -0.2) is 4.98 Å². The van der Waals surface area contributed by atoms with Crippen LogP contribution < -0.4 is 5.32 Å². The normalized spacial score (nSPS) is 10.8. The largest absolute Gasteiger partial charge is 0.349 e. The Morgan fingerprint density at radius 1 is 1.18 bits per heavy atom. The molecule has 0 atom stereocenters. The van der Waals surface area contributed by atoms with Crippen LogP contribution in [0.5, 0.6) is 0 Å². The zero-order valence-corrected chi connectivity index (χ0v) is 13.1. The van der Waals surface area contributed by atoms with Crippen molar-refractivity contribution in [2.45, 2.75) is 13.0 Å². The fourth-order valence-corrected chi connectivity index (χ4v) is 2.65. The molecule has 0 bridgehead atoms. The molecule has 2 N–H and O–H groups in total. The molecular formula is C16H13Cl2N3O. The minimum Gasteiger partial charge on any atom is -0.349 e. The summed E-state index contributed by atoms with van der Waals surface area (Å²) in [5.74, 6) is 0.599. The lowest BCUT2D eigenvalue weighted by atomic mass is 10.1. The van der Waals surface area contributed by atoms with Gasteiger partial charge < -0.3 is 10.3 Å². The van der Waals surface area contributed by atoms with Crippen LogP contribution in [0.25, 0.3) is 11.0 Å². The summed E-state index contributed by atoms with van der Waals surface area (Å²) in [5, 5.41) is 3.87. The molecule has 112 valence electrons. The van der Waals surface area contributed by atoms with Crippen LogP contribution in [0.1, 0.15) is 11.4 Å². The fourth-order valence-electron chi connectivity index (χ4n) is 2.17. The molecule has 2 aromatic carbocycles. The van der Waals surface area contributed by atoms with Crippen molar-refractivity contribution in [3.05, 3.63) is 63.9 Å². The van der Waals surface area contributed by atoms with Crippen LogP contribution in [0.4, 0.5) is 0 Å². The van der Waals surface area contributed by atoms with Crippen LogP contribution in [-0.4, -0.2) is 15.9 Å². The van der Waals surface area contributed by atoms with Crippen molar-refractivity contribution in [2.75, 3.05) is 0 Å². The number of halogens is 2. The Morgan fingerprint density at radius 2 is 2.00 bits per heavy atom. The average molecular weight is 334 g/mol. The number of amides is 1. The van der Waals surface area contributed by atoms with Gasteiger partial charge in [-0.2, -0.15) is 0 Å². The Kier molecular flexibility index (Phi) is 4.32. The van der Waals surface area contributed by atoms with Crippen LogP contribution in [0.15, 0.2) is 42.5 Å². The SMILES string of the molecule is O=C(Cc1ccc(Cl)cc1Cl)NCc1nc2ccccc2[nH]1. The van der Waals surface area contributed by atoms with Crippen molar-refractivity contribution in [2.24, 2.45) is 0 Å². The molecule has 1 aromatic heterocycles. The zero-order valence-electron chi connectivity index (χ0n) is 11.6. The van der Waals surface area contributed by atoms with E-state index in [1.807, 2.05) is 24.3 Å². The molecule has 1 amide bonds. The van der Waals surface area contributed by atoms with Crippen molar-refractivity contribution in [1.82, 2.24) is 15.3 Å². The number of aromatic amines is 1. The first-order chi connectivity index (χ1) is 10.6. The van der Waals surface area contributed by atoms with Crippen molar-refractivity contribution in [3.63, 3.8) is 0 Å². The van der Waals surface area contributed by atoms with E-state index in [9.17, 15) is 4.79 Å². The van der Waals surface area contributed by atoms with Crippen LogP contribution in [0.2, 0.25) is 10.0 Å². The maximum atomic E-state index is 12.0. The number of H-pyrrole nitrogens is 1. The first-order valence-electron chi connectivity index (χ1n) is 6.76. The van der Waals surface area contributed by atoms with E-state index in [0.29, 0.717) is 16.6 Å². The highest BCUT2D eigenvalue weighted by molar-refractivity contribution is 6.35. The number of carbonyl (C=O) groups is 1. The number of benzene rings is 2. The van der Waals surface area contributed by atoms with Gasteiger partial charge in [-0.05, 0) is 29.8 Å². The molecule has 1 heterocycles. The second-order valence-electron chi connectivity index (χ2n) is 4.89. The molecule has 0 saturated heterocycles. The van der Waals surface area contributed by atoms with E-state index >= 15 is 0 Å². The summed E-state index contributed by atoms with van der Waals surface area (Å²) in [4.78, 5) is 19.6. The summed E-state index contributed by atoms with van der Waals surface area (Å²) in [6, 6.07) is 12.8. The van der Waals surface area contributed by atoms with Gasteiger partial charge in [0.15, 0.2) is 0 Å². The molecule has 0 spiro atoms. The lowest BCUT2D eigenvalue weighted by molar-refractivity contribution is -0.120. The van der Waals surface area contributed by atoms with Crippen molar-refractivity contribution < 1.29 is 4.79 Å². The molecule has 0 aliphatic rings. The quantitative estimate of drug-likeness (QED) is 0.764. The van der Waals surface area contributed by atoms with E-state index in [0.717, 1.165) is 22.4 Å². The zero-order chi connectivity index (χ0) is 15.5. The third kappa shape index (κ3) is 3.40. The highest BCUT2D eigenvalue weighted by Crippen LogP contribution is 2.21. The number of imidazole rings is 1. The number of nitrogens with one attached hydrogen (secondary N) is 2. The third-order valence-electron chi connectivity index (χ3n) is 3.26. The summed E-state index contributed by atoms with van der Waals surface area (Å²) >= 11 is 11.9. The van der Waals surface area contributed by atoms with Gasteiger partial charge in [-0.15, -0.1) is 0 Å². The van der Waals surface area contributed by atoms with Crippen molar-refractivity contribution >= 4 is 40.1 Å². The predicted octanol–water partition coefficient (Wildman–Crippen LogP) is 3.73. The molecule has 3 rings (SSSR count). The summed E-state index contributed by atoms with van der Waals surface area (Å²) in [7, 11) is 0. The van der Waals surface area contributed by atoms with Gasteiger partial charge in [0.1, 0.15) is 5.82 Å². The minimum atomic E-state index is -0.121. The Labute approximate surface area is 137 Å². The molecule has 0 fully saturated rings. The van der Waals surface area contributed by atoms with E-state index in [1.54, 1.807) is 18.2 Å². The fraction of sp³-hybridized carbons (Fsp3) is 0.125. The Morgan fingerprint density at radius 3 is 2.77 bits per heavy atom. The van der Waals surface area contributed by atoms with Gasteiger partial charge >= 0.3 is 0 Å². The van der Waals surface area contributed by atoms with Gasteiger partial charge in [0, 0.05) is 10.0 Å². The molecule has 4 nitrogen and oxygen atoms in total. The molecule has 3 aromatic rings. The topological polar surface area (TPSA) is 57.8 Å². The Bertz CT molecular complexity index is 796. The smallest absolute Gasteiger partial charge is 0.224 e. The molecule has 6 heteroatoms. The van der Waals surface area contributed by atoms with Gasteiger partial charge in [-0.3, -0.25) is 4.79 Å². The first-order valence-corrected chi connectivity index (χ1v) is 7.51. The predicted molar refractivity (Wildman–Crippen MR) is 88.1 cm³/mol. The first kappa shape index (κ1) is 14.9. The minimum absolute atomic E-state index is 0.121. The second kappa shape index (κ2) is 6.38. The van der Waals surface area contributed by atoms with Gasteiger partial charge in [0.2, 0.25) is 5.91 Å². The number of aromatic nitrogens is 2. The number of para-hydroxylation sites is 2. The number of nitrogens with zero attached hydrogens (tertiary/aromatic N) is 1. The van der Waals surface area contributed by atoms with Crippen LogP contribution in [-0.2, 0) is 17.8 Å². The maximum Gasteiger partial charge on any atom is 0.224 e. The molecule has 22 heavy (non-hydrogen) atoms. The summed E-state index contributed by atoms with van der Waals surface area (Å²) in [5.41, 5.74) is 2.58. The number of hydrogen-bond donors (Lipinski definition) is 2. The lowest BCUT2D eigenvalue weighted by Crippen LogP contribution is -2.25. The summed E-state index contributed by atoms with van der Waals surface area (Å²) < 4.78 is 0. The van der Waals surface area contributed by atoms with Gasteiger partial charge in [0.05, 0.1) is 24.0 Å². The third-order valence-corrected chi connectivity index (χ3v) is 3.84. The van der Waals surface area contributed by atoms with E-state index in [1.165, 1.54) is 0 Å². The second-order valence-corrected chi connectivity index (χ2v) is 5.73.